The Morgan fingerprint density at radius 3 is 1.15 bits per heavy atom. The summed E-state index contributed by atoms with van der Waals surface area (Å²) < 4.78 is 59.7. The zero-order valence-electron chi connectivity index (χ0n) is 83.5. The molecule has 10 aliphatic rings. The fourth-order valence-corrected chi connectivity index (χ4v) is 20.2. The Morgan fingerprint density at radius 1 is 0.362 bits per heavy atom. The first-order valence-corrected chi connectivity index (χ1v) is 50.0. The number of nitrogens with two attached hydrogens (primary N) is 1. The van der Waals surface area contributed by atoms with Crippen LogP contribution < -0.4 is 68.5 Å². The molecule has 0 saturated heterocycles. The number of benzene rings is 10. The maximum atomic E-state index is 13.3. The molecule has 27 heteroatoms. The number of aliphatic hydroxyl groups excluding tert-OH is 1. The van der Waals surface area contributed by atoms with Gasteiger partial charge in [-0.1, -0.05) is 151 Å². The molecule has 149 heavy (non-hydrogen) atoms. The number of methoxy groups -OCH3 is 1. The van der Waals surface area contributed by atoms with Gasteiger partial charge in [0.05, 0.1) is 57.9 Å². The molecule has 5 N–H and O–H groups in total. The number of pyridine rings is 5. The summed E-state index contributed by atoms with van der Waals surface area (Å²) in [5, 5.41) is 15.4. The number of Topliss-reactive ketones (excluding diaryl/α,β-unsaturated/α-hetero) is 3. The second-order valence-electron chi connectivity index (χ2n) is 39.4. The van der Waals surface area contributed by atoms with E-state index in [0.717, 1.165) is 217 Å². The molecule has 15 aromatic rings. The lowest BCUT2D eigenvalue weighted by Gasteiger charge is -2.17. The summed E-state index contributed by atoms with van der Waals surface area (Å²) in [4.78, 5) is 103. The van der Waals surface area contributed by atoms with Gasteiger partial charge in [0.15, 0.2) is 57.5 Å². The molecular formula is C122H113N9O18. The van der Waals surface area contributed by atoms with Crippen LogP contribution in [-0.4, -0.2) is 125 Å². The van der Waals surface area contributed by atoms with Crippen LogP contribution >= 0.6 is 0 Å². The second-order valence-corrected chi connectivity index (χ2v) is 39.4. The van der Waals surface area contributed by atoms with Crippen molar-refractivity contribution in [3.05, 3.63) is 370 Å². The molecule has 5 aromatic heterocycles. The van der Waals surface area contributed by atoms with E-state index < -0.39 is 27.1 Å². The zero-order chi connectivity index (χ0) is 103. The van der Waals surface area contributed by atoms with E-state index in [4.69, 9.17) is 67.8 Å². The number of carbonyl (C=O) groups excluding carboxylic acids is 6. The first-order valence-electron chi connectivity index (χ1n) is 50.0. The monoisotopic (exact) mass is 1990 g/mol. The standard InChI is InChI=1S/C26H24N2O4.C25H24N2O3.2C24H21NO4.C23H21N3O3.H2/c1-28(2)25(30)18-8-6-17(7-9-18)21-5-3-4-20(27-21)15-24(29)26(12-13-26)19-10-11-22-23(14-19)32-16-31-22;1-15-11-16(2)23(17(3)12-15)19-5-4-6-22(26-19)27-24(28)25(9-10-25)18-7-8-20-21(13-18)30-14-29-20;1-27-20-5-3-2-4-19(20)16-6-8-18(25-14-16)13-23(26)24(10-11-24)17-7-9-21-22(12-17)29-15-28-21;26-14-16-2-1-3-17(10-16)18-4-6-20(25-13-18)12-23(27)24(8-9-24)19-5-7-21-22(11-19)29-15-28-21;24-13-15-4-6-16(7-5-15)18-2-1-3-21(25-18)26-22(27)23(10-11-23)17-8-9-19-20(12-17)29-14-28-19;/h3-11,14H,12-13,15-16H2,1-2H3;4-8,11-13H,9-10,14H2,1-3H3,(H,26,27,28);2-9,12,14H,10-11,13,15H2,1H3;1-7,10-11,13,26H,8-9,12,14-15H2;1-9,12H,10-11,13-14,24H2,(H,25,26,27);1H. The van der Waals surface area contributed by atoms with Gasteiger partial charge in [-0.25, -0.2) is 9.97 Å². The van der Waals surface area contributed by atoms with E-state index in [0.29, 0.717) is 59.6 Å². The third-order valence-corrected chi connectivity index (χ3v) is 29.4. The average molecular weight is 1990 g/mol. The maximum Gasteiger partial charge on any atom is 0.253 e. The zero-order valence-corrected chi connectivity index (χ0v) is 83.5. The first-order chi connectivity index (χ1) is 72.5. The van der Waals surface area contributed by atoms with E-state index in [1.54, 1.807) is 50.6 Å². The minimum absolute atomic E-state index is 0. The molecule has 0 radical (unpaired) electrons. The van der Waals surface area contributed by atoms with Crippen molar-refractivity contribution >= 4 is 46.7 Å². The highest BCUT2D eigenvalue weighted by atomic mass is 16.7. The van der Waals surface area contributed by atoms with Crippen LogP contribution in [0.5, 0.6) is 63.2 Å². The average Bonchev–Trinajstić information content (AvgIpc) is 1.60. The van der Waals surface area contributed by atoms with E-state index in [9.17, 15) is 33.9 Å². The Morgan fingerprint density at radius 2 is 0.738 bits per heavy atom. The molecule has 25 rings (SSSR count). The Hall–Kier alpha value is -16.9. The summed E-state index contributed by atoms with van der Waals surface area (Å²) in [5.74, 6) is 9.59. The third-order valence-electron chi connectivity index (χ3n) is 29.4. The fourth-order valence-electron chi connectivity index (χ4n) is 20.2. The SMILES string of the molecule is CN(C)C(=O)c1ccc(-c2cccc(CC(=O)C3(c4ccc5c(c4)OCO5)CC3)n2)cc1.COc1ccccc1-c1ccc(CC(=O)C2(c3ccc4c(c3)OCO4)CC2)nc1.Cc1cc(C)c(-c2cccc(NC(=O)C3(c4ccc5c(c4)OCO5)CC3)n2)c(C)c1.NCc1ccc(-c2cccc(NC(=O)C3(c4ccc5c(c4)OCO5)CC3)n2)cc1.O=C(Cc1ccc(-c2cccc(CO)c2)cn1)C1(c2ccc3c(c2)OCO3)CC1.[HH]. The molecular weight excluding hydrogens is 1880 g/mol. The van der Waals surface area contributed by atoms with Gasteiger partial charge in [-0.2, -0.15) is 0 Å². The van der Waals surface area contributed by atoms with Crippen LogP contribution in [0.15, 0.2) is 291 Å². The van der Waals surface area contributed by atoms with Crippen LogP contribution in [-0.2, 0) is 83.5 Å². The number of nitrogens with zero attached hydrogens (tertiary/aromatic N) is 6. The predicted octanol–water partition coefficient (Wildman–Crippen LogP) is 21.1. The van der Waals surface area contributed by atoms with Crippen LogP contribution in [0.3, 0.4) is 0 Å². The summed E-state index contributed by atoms with van der Waals surface area (Å²) in [5.41, 5.74) is 26.1. The highest BCUT2D eigenvalue weighted by molar-refractivity contribution is 6.03. The third kappa shape index (κ3) is 20.8. The summed E-state index contributed by atoms with van der Waals surface area (Å²) in [6.07, 6.45) is 12.9. The number of amides is 3. The van der Waals surface area contributed by atoms with Crippen LogP contribution in [0.4, 0.5) is 11.6 Å². The molecule has 10 aromatic carbocycles. The summed E-state index contributed by atoms with van der Waals surface area (Å²) in [6.45, 7) is 7.95. The number of anilines is 2. The lowest BCUT2D eigenvalue weighted by molar-refractivity contribution is -0.121. The molecule has 27 nitrogen and oxygen atoms in total. The molecule has 5 saturated carbocycles. The van der Waals surface area contributed by atoms with Gasteiger partial charge in [-0.3, -0.25) is 43.7 Å². The van der Waals surface area contributed by atoms with Crippen molar-refractivity contribution in [1.82, 2.24) is 29.8 Å². The lowest BCUT2D eigenvalue weighted by atomic mass is 9.88. The summed E-state index contributed by atoms with van der Waals surface area (Å²) in [7, 11) is 5.12. The second kappa shape index (κ2) is 41.5. The van der Waals surface area contributed by atoms with Crippen molar-refractivity contribution in [2.24, 2.45) is 5.73 Å². The van der Waals surface area contributed by atoms with Crippen molar-refractivity contribution in [3.63, 3.8) is 0 Å². The number of hydrogen-bond donors (Lipinski definition) is 4. The molecule has 0 unspecified atom stereocenters. The first kappa shape index (κ1) is 98.1. The number of ketones is 3. The number of rotatable bonds is 27. The number of carbonyl (C=O) groups is 6. The number of ether oxygens (including phenoxy) is 11. The van der Waals surface area contributed by atoms with E-state index in [1.807, 2.05) is 255 Å². The van der Waals surface area contributed by atoms with Gasteiger partial charge in [-0.15, -0.1) is 0 Å². The van der Waals surface area contributed by atoms with Gasteiger partial charge in [0, 0.05) is 110 Å². The van der Waals surface area contributed by atoms with E-state index in [1.165, 1.54) is 16.7 Å². The number of aryl methyl sites for hydroxylation is 3. The molecule has 3 amide bonds. The van der Waals surface area contributed by atoms with Gasteiger partial charge < -0.3 is 78.5 Å². The number of para-hydroxylation sites is 1. The van der Waals surface area contributed by atoms with Gasteiger partial charge in [0.2, 0.25) is 45.8 Å². The minimum atomic E-state index is -0.526. The summed E-state index contributed by atoms with van der Waals surface area (Å²) in [6, 6.07) is 89.1. The maximum absolute atomic E-state index is 13.3. The fraction of sp³-hybridized carbons (Fsp3) is 0.254. The van der Waals surface area contributed by atoms with Crippen LogP contribution in [0.25, 0.3) is 56.0 Å². The van der Waals surface area contributed by atoms with E-state index in [-0.39, 0.29) is 83.5 Å². The van der Waals surface area contributed by atoms with Crippen LogP contribution in [0.2, 0.25) is 0 Å². The predicted molar refractivity (Wildman–Crippen MR) is 564 cm³/mol. The molecule has 0 bridgehead atoms. The summed E-state index contributed by atoms with van der Waals surface area (Å²) >= 11 is 0. The quantitative estimate of drug-likeness (QED) is 0.0371. The molecule has 5 aliphatic carbocycles. The Balaban J connectivity index is 0.000000113. The van der Waals surface area contributed by atoms with Gasteiger partial charge in [-0.05, 0) is 274 Å². The number of hydrogen-bond acceptors (Lipinski definition) is 24. The molecule has 10 heterocycles. The number of fused-ring (bicyclic) bond motifs is 5. The largest absolute Gasteiger partial charge is 0.496 e. The normalized spacial score (nSPS) is 15.7. The van der Waals surface area contributed by atoms with Crippen molar-refractivity contribution in [2.75, 3.05) is 65.8 Å². The van der Waals surface area contributed by atoms with Gasteiger partial charge in [0.1, 0.15) is 34.7 Å². The number of aliphatic hydroxyl groups is 1. The van der Waals surface area contributed by atoms with Crippen molar-refractivity contribution < 1.29 is 87.4 Å². The smallest absolute Gasteiger partial charge is 0.253 e. The van der Waals surface area contributed by atoms with E-state index in [2.05, 4.69) is 58.5 Å². The lowest BCUT2D eigenvalue weighted by Crippen LogP contribution is -2.28. The highest BCUT2D eigenvalue weighted by Gasteiger charge is 2.56. The van der Waals surface area contributed by atoms with Crippen molar-refractivity contribution in [2.45, 2.75) is 144 Å². The van der Waals surface area contributed by atoms with Gasteiger partial charge >= 0.3 is 0 Å². The van der Waals surface area contributed by atoms with Crippen molar-refractivity contribution in [3.8, 4) is 119 Å². The molecule has 0 atom stereocenters. The van der Waals surface area contributed by atoms with Gasteiger partial charge in [0.25, 0.3) is 5.91 Å². The number of aromatic nitrogens is 5. The van der Waals surface area contributed by atoms with E-state index >= 15 is 0 Å². The molecule has 754 valence electrons. The van der Waals surface area contributed by atoms with Crippen molar-refractivity contribution in [1.29, 1.82) is 0 Å². The number of nitrogens with one attached hydrogen (secondary N) is 2. The Bertz CT molecular complexity index is 7650. The van der Waals surface area contributed by atoms with Crippen LogP contribution in [0, 0.1) is 20.8 Å². The molecule has 5 fully saturated rings. The Labute approximate surface area is 863 Å². The highest BCUT2D eigenvalue weighted by Crippen LogP contribution is 2.57. The molecule has 0 spiro atoms. The topological polar surface area (TPSA) is 342 Å². The molecule has 5 aliphatic heterocycles. The van der Waals surface area contributed by atoms with Crippen LogP contribution in [0.1, 0.15) is 149 Å². The minimum Gasteiger partial charge on any atom is -0.496 e. The Kier molecular flexibility index (Phi) is 27.4.